The second-order valence-corrected chi connectivity index (χ2v) is 31.9. The van der Waals surface area contributed by atoms with Crippen LogP contribution in [-0.2, 0) is 35.3 Å². The zero-order valence-electron chi connectivity index (χ0n) is 40.7. The molecule has 0 saturated carbocycles. The lowest BCUT2D eigenvalue weighted by Crippen LogP contribution is -2.47. The van der Waals surface area contributed by atoms with Crippen LogP contribution in [0.1, 0.15) is 83.0 Å². The highest BCUT2D eigenvalue weighted by Crippen LogP contribution is 2.41. The summed E-state index contributed by atoms with van der Waals surface area (Å²) in [6, 6.07) is 13.8. The van der Waals surface area contributed by atoms with E-state index >= 15 is 4.39 Å². The molecule has 2 aromatic carbocycles. The Labute approximate surface area is 393 Å². The van der Waals surface area contributed by atoms with E-state index in [-0.39, 0.29) is 43.3 Å². The fraction of sp³-hybridized carbons (Fsp3) is 0.571. The Bertz CT molecular complexity index is 2050. The summed E-state index contributed by atoms with van der Waals surface area (Å²) in [7, 11) is -2.71. The fourth-order valence-electron chi connectivity index (χ4n) is 7.58. The molecule has 0 aliphatic rings. The van der Waals surface area contributed by atoms with Crippen LogP contribution in [0.15, 0.2) is 60.8 Å². The number of carbonyl (C=O) groups is 5. The molecule has 0 aliphatic carbocycles. The molecule has 0 spiro atoms. The van der Waals surface area contributed by atoms with Crippen molar-refractivity contribution < 1.29 is 42.6 Å². The minimum Gasteiger partial charge on any atom is -0.464 e. The molecule has 6 N–H and O–H groups in total. The highest BCUT2D eigenvalue weighted by atomic mass is 28.3. The number of nitrogens with one attached hydrogen (secondary N) is 3. The summed E-state index contributed by atoms with van der Waals surface area (Å²) in [4.78, 5) is 66.6. The number of rotatable bonds is 27. The van der Waals surface area contributed by atoms with Crippen LogP contribution in [0.25, 0.3) is 11.1 Å². The maximum Gasteiger partial charge on any atom is 0.328 e. The average Bonchev–Trinajstić information content (AvgIpc) is 3.62. The van der Waals surface area contributed by atoms with Gasteiger partial charge in [0, 0.05) is 78.2 Å². The second kappa shape index (κ2) is 26.0. The summed E-state index contributed by atoms with van der Waals surface area (Å²) < 4.78 is 36.9. The quantitative estimate of drug-likeness (QED) is 0.0298. The van der Waals surface area contributed by atoms with E-state index in [1.54, 1.807) is 12.3 Å². The number of hydrogen-bond acceptors (Lipinski definition) is 8. The molecule has 0 saturated heterocycles. The first-order chi connectivity index (χ1) is 30.9. The van der Waals surface area contributed by atoms with Gasteiger partial charge in [-0.05, 0) is 73.4 Å². The minimum atomic E-state index is -1.42. The summed E-state index contributed by atoms with van der Waals surface area (Å²) in [5.41, 5.74) is 7.70. The standard InChI is InChI=1S/C49H76F2N6O7Si2/c1-49(2,3)46(42-30-36(38-31-37(50)20-21-39(38)51)33-56(42)32-35-16-11-10-12-17-35)57(45(61)34-58)26-23-40(52)47(62)54-25-22-43(59)53-24-14-13-18-41(48(63)64-27-29-66(7,8)9)55-44(60)19-15-28-65(4,5)6/h10-12,16-17,20-21,30-31,33,40-41,46,58H,13-15,18-19,22-29,32,34,52H2,1-9H3,(H,53,59)(H,54,62)(H,55,60)/t40-,41-,46-/m0/s1. The normalized spacial score (nSPS) is 13.3. The average molecular weight is 955 g/mol. The summed E-state index contributed by atoms with van der Waals surface area (Å²) in [5.74, 6) is -3.22. The maximum atomic E-state index is 15.1. The first-order valence-electron chi connectivity index (χ1n) is 23.2. The molecule has 0 radical (unpaired) electrons. The Hall–Kier alpha value is -4.72. The van der Waals surface area contributed by atoms with Crippen LogP contribution < -0.4 is 21.7 Å². The number of nitrogens with zero attached hydrogens (tertiary/aromatic N) is 2. The molecule has 17 heteroatoms. The first-order valence-corrected chi connectivity index (χ1v) is 30.7. The molecule has 3 aromatic rings. The third-order valence-electron chi connectivity index (χ3n) is 11.2. The van der Waals surface area contributed by atoms with Gasteiger partial charge in [-0.3, -0.25) is 19.2 Å². The van der Waals surface area contributed by atoms with Crippen LogP contribution in [0.4, 0.5) is 8.78 Å². The van der Waals surface area contributed by atoms with Gasteiger partial charge in [0.1, 0.15) is 24.3 Å². The number of aliphatic hydroxyl groups excluding tert-OH is 1. The van der Waals surface area contributed by atoms with Crippen molar-refractivity contribution in [3.05, 3.63) is 83.7 Å². The number of nitrogens with two attached hydrogens (primary N) is 1. The van der Waals surface area contributed by atoms with Crippen LogP contribution in [0.2, 0.25) is 51.4 Å². The number of halogens is 2. The number of amides is 4. The molecule has 3 rings (SSSR count). The Morgan fingerprint density at radius 1 is 0.833 bits per heavy atom. The Morgan fingerprint density at radius 2 is 1.52 bits per heavy atom. The zero-order valence-corrected chi connectivity index (χ0v) is 42.7. The first kappa shape index (κ1) is 55.6. The lowest BCUT2D eigenvalue weighted by Gasteiger charge is -2.41. The largest absolute Gasteiger partial charge is 0.464 e. The van der Waals surface area contributed by atoms with Crippen molar-refractivity contribution in [1.29, 1.82) is 0 Å². The molecule has 0 fully saturated rings. The van der Waals surface area contributed by atoms with Crippen LogP contribution in [-0.4, -0.2) is 105 Å². The maximum absolute atomic E-state index is 15.1. The molecule has 0 bridgehead atoms. The van der Waals surface area contributed by atoms with Crippen molar-refractivity contribution in [2.24, 2.45) is 11.1 Å². The van der Waals surface area contributed by atoms with E-state index in [1.807, 2.05) is 55.7 Å². The fourth-order valence-corrected chi connectivity index (χ4v) is 9.53. The number of aromatic nitrogens is 1. The van der Waals surface area contributed by atoms with Gasteiger partial charge >= 0.3 is 5.97 Å². The summed E-state index contributed by atoms with van der Waals surface area (Å²) >= 11 is 0. The van der Waals surface area contributed by atoms with Crippen molar-refractivity contribution in [3.8, 4) is 11.1 Å². The van der Waals surface area contributed by atoms with E-state index in [4.69, 9.17) is 10.5 Å². The second-order valence-electron chi connectivity index (χ2n) is 20.7. The number of aliphatic hydroxyl groups is 1. The molecule has 4 amide bonds. The van der Waals surface area contributed by atoms with Gasteiger partial charge in [-0.1, -0.05) is 96.4 Å². The van der Waals surface area contributed by atoms with E-state index in [0.717, 1.165) is 42.3 Å². The Morgan fingerprint density at radius 3 is 2.15 bits per heavy atom. The van der Waals surface area contributed by atoms with E-state index in [9.17, 15) is 33.5 Å². The summed E-state index contributed by atoms with van der Waals surface area (Å²) in [5, 5.41) is 18.6. The predicted molar refractivity (Wildman–Crippen MR) is 262 cm³/mol. The van der Waals surface area contributed by atoms with Crippen LogP contribution in [0, 0.1) is 17.0 Å². The van der Waals surface area contributed by atoms with Crippen molar-refractivity contribution in [2.75, 3.05) is 32.8 Å². The SMILES string of the molecule is CC(C)(C)[C@H](c1cc(-c2cc(F)ccc2F)cn1Cc1ccccc1)N(CC[C@H](N)C(=O)NCCC(=O)NCCCC[C@H](NC(=O)CCC[Si](C)(C)C)C(=O)OCC[Si](C)(C)C)C(=O)CO. The van der Waals surface area contributed by atoms with Gasteiger partial charge in [0.15, 0.2) is 0 Å². The number of unbranched alkanes of at least 4 members (excludes halogenated alkanes) is 1. The molecule has 1 heterocycles. The number of ether oxygens (including phenoxy) is 1. The third kappa shape index (κ3) is 19.6. The highest BCUT2D eigenvalue weighted by Gasteiger charge is 2.37. The number of carbonyl (C=O) groups excluding carboxylic acids is 5. The molecule has 0 aliphatic heterocycles. The van der Waals surface area contributed by atoms with Gasteiger partial charge in [0.2, 0.25) is 23.6 Å². The molecule has 3 atom stereocenters. The van der Waals surface area contributed by atoms with Crippen LogP contribution in [0.5, 0.6) is 0 Å². The van der Waals surface area contributed by atoms with Gasteiger partial charge in [0.05, 0.1) is 18.7 Å². The monoisotopic (exact) mass is 955 g/mol. The van der Waals surface area contributed by atoms with E-state index < -0.39 is 75.7 Å². The molecule has 366 valence electrons. The van der Waals surface area contributed by atoms with Gasteiger partial charge < -0.3 is 41.0 Å². The molecule has 13 nitrogen and oxygen atoms in total. The number of benzene rings is 2. The zero-order chi connectivity index (χ0) is 49.2. The van der Waals surface area contributed by atoms with Crippen molar-refractivity contribution in [2.45, 2.75) is 142 Å². The smallest absolute Gasteiger partial charge is 0.328 e. The summed E-state index contributed by atoms with van der Waals surface area (Å²) in [6.07, 6.45) is 4.37. The third-order valence-corrected chi connectivity index (χ3v) is 14.7. The molecule has 66 heavy (non-hydrogen) atoms. The van der Waals surface area contributed by atoms with Crippen LogP contribution in [0.3, 0.4) is 0 Å². The predicted octanol–water partition coefficient (Wildman–Crippen LogP) is 7.38. The highest BCUT2D eigenvalue weighted by molar-refractivity contribution is 6.76. The van der Waals surface area contributed by atoms with E-state index in [1.165, 1.54) is 4.90 Å². The number of esters is 1. The molecule has 0 unspecified atom stereocenters. The summed E-state index contributed by atoms with van der Waals surface area (Å²) in [6.45, 7) is 19.4. The Balaban J connectivity index is 1.58. The van der Waals surface area contributed by atoms with Gasteiger partial charge in [-0.15, -0.1) is 0 Å². The lowest BCUT2D eigenvalue weighted by atomic mass is 9.82. The van der Waals surface area contributed by atoms with Crippen LogP contribution >= 0.6 is 0 Å². The van der Waals surface area contributed by atoms with Crippen molar-refractivity contribution >= 4 is 45.7 Å². The Kier molecular flexibility index (Phi) is 21.9. The van der Waals surface area contributed by atoms with Crippen molar-refractivity contribution in [1.82, 2.24) is 25.4 Å². The topological polar surface area (TPSA) is 185 Å². The van der Waals surface area contributed by atoms with E-state index in [2.05, 4.69) is 55.2 Å². The van der Waals surface area contributed by atoms with Crippen molar-refractivity contribution in [3.63, 3.8) is 0 Å². The minimum absolute atomic E-state index is 0.00809. The number of hydrogen-bond donors (Lipinski definition) is 5. The lowest BCUT2D eigenvalue weighted by molar-refractivity contribution is -0.147. The molecular weight excluding hydrogens is 879 g/mol. The van der Waals surface area contributed by atoms with E-state index in [0.29, 0.717) is 56.6 Å². The van der Waals surface area contributed by atoms with Gasteiger partial charge in [-0.2, -0.15) is 0 Å². The molecular formula is C49H76F2N6O7Si2. The van der Waals surface area contributed by atoms with Gasteiger partial charge in [0.25, 0.3) is 0 Å². The van der Waals surface area contributed by atoms with Gasteiger partial charge in [-0.25, -0.2) is 13.6 Å². The molecule has 1 aromatic heterocycles.